The van der Waals surface area contributed by atoms with Crippen molar-refractivity contribution in [1.82, 2.24) is 0 Å². The lowest BCUT2D eigenvalue weighted by molar-refractivity contribution is 1.08. The summed E-state index contributed by atoms with van der Waals surface area (Å²) in [5.74, 6) is 0. The fourth-order valence-electron chi connectivity index (χ4n) is 1.57. The smallest absolute Gasteiger partial charge is 0.0313 e. The summed E-state index contributed by atoms with van der Waals surface area (Å²) in [7, 11) is 0. The zero-order chi connectivity index (χ0) is 11.4. The molecule has 82 valence electrons. The van der Waals surface area contributed by atoms with Gasteiger partial charge in [0.15, 0.2) is 0 Å². The van der Waals surface area contributed by atoms with Crippen LogP contribution in [0.3, 0.4) is 0 Å². The second-order valence-electron chi connectivity index (χ2n) is 3.85. The van der Waals surface area contributed by atoms with Gasteiger partial charge >= 0.3 is 0 Å². The Morgan fingerprint density at radius 3 is 2.69 bits per heavy atom. The van der Waals surface area contributed by atoms with Gasteiger partial charge < -0.3 is 5.73 Å². The number of benzene rings is 1. The first-order chi connectivity index (χ1) is 7.75. The third kappa shape index (κ3) is 2.80. The third-order valence-corrected chi connectivity index (χ3v) is 3.51. The van der Waals surface area contributed by atoms with Gasteiger partial charge in [-0.1, -0.05) is 47.7 Å². The van der Waals surface area contributed by atoms with E-state index in [-0.39, 0.29) is 0 Å². The molecule has 0 radical (unpaired) electrons. The van der Waals surface area contributed by atoms with Gasteiger partial charge in [0, 0.05) is 21.9 Å². The average molecular weight is 229 g/mol. The van der Waals surface area contributed by atoms with Gasteiger partial charge in [0.25, 0.3) is 0 Å². The SMILES string of the molecule is CC1=CC=CC(Sc2ccccc2)=C(N)C1. The molecule has 0 atom stereocenters. The van der Waals surface area contributed by atoms with E-state index in [1.54, 1.807) is 11.8 Å². The van der Waals surface area contributed by atoms with Crippen LogP contribution in [0.1, 0.15) is 13.3 Å². The van der Waals surface area contributed by atoms with Gasteiger partial charge in [-0.25, -0.2) is 0 Å². The van der Waals surface area contributed by atoms with Gasteiger partial charge in [-0.15, -0.1) is 0 Å². The Bertz CT molecular complexity index is 455. The van der Waals surface area contributed by atoms with Crippen molar-refractivity contribution in [2.75, 3.05) is 0 Å². The highest BCUT2D eigenvalue weighted by atomic mass is 32.2. The zero-order valence-electron chi connectivity index (χ0n) is 9.31. The Hall–Kier alpha value is -1.41. The van der Waals surface area contributed by atoms with Gasteiger partial charge in [0.1, 0.15) is 0 Å². The number of nitrogens with two attached hydrogens (primary N) is 1. The molecule has 0 bridgehead atoms. The molecule has 2 heteroatoms. The van der Waals surface area contributed by atoms with Crippen molar-refractivity contribution in [2.24, 2.45) is 5.73 Å². The monoisotopic (exact) mass is 229 g/mol. The molecule has 0 saturated carbocycles. The lowest BCUT2D eigenvalue weighted by atomic mass is 10.2. The molecule has 0 fully saturated rings. The minimum absolute atomic E-state index is 0.863. The topological polar surface area (TPSA) is 26.0 Å². The summed E-state index contributed by atoms with van der Waals surface area (Å²) in [5.41, 5.74) is 8.34. The maximum absolute atomic E-state index is 6.08. The molecule has 1 nitrogen and oxygen atoms in total. The molecule has 0 spiro atoms. The van der Waals surface area contributed by atoms with Crippen LogP contribution in [0, 0.1) is 0 Å². The fraction of sp³-hybridized carbons (Fsp3) is 0.143. The van der Waals surface area contributed by atoms with E-state index >= 15 is 0 Å². The quantitative estimate of drug-likeness (QED) is 0.833. The normalized spacial score (nSPS) is 15.9. The van der Waals surface area contributed by atoms with Crippen LogP contribution >= 0.6 is 11.8 Å². The van der Waals surface area contributed by atoms with Gasteiger partial charge in [0.05, 0.1) is 0 Å². The third-order valence-electron chi connectivity index (χ3n) is 2.39. The Kier molecular flexibility index (Phi) is 3.52. The summed E-state index contributed by atoms with van der Waals surface area (Å²) >= 11 is 1.72. The highest BCUT2D eigenvalue weighted by Crippen LogP contribution is 2.31. The first kappa shape index (κ1) is 11.1. The molecule has 0 heterocycles. The van der Waals surface area contributed by atoms with Crippen LogP contribution in [0.15, 0.2) is 69.6 Å². The molecule has 1 aromatic rings. The Labute approximate surface area is 101 Å². The molecule has 1 aromatic carbocycles. The summed E-state index contributed by atoms with van der Waals surface area (Å²) in [6.07, 6.45) is 7.14. The molecule has 16 heavy (non-hydrogen) atoms. The number of allylic oxidation sites excluding steroid dienone is 4. The van der Waals surface area contributed by atoms with E-state index in [9.17, 15) is 0 Å². The van der Waals surface area contributed by atoms with E-state index in [1.165, 1.54) is 10.5 Å². The van der Waals surface area contributed by atoms with Crippen LogP contribution in [0.4, 0.5) is 0 Å². The lowest BCUT2D eigenvalue weighted by Gasteiger charge is -2.06. The molecule has 0 saturated heterocycles. The average Bonchev–Trinajstić information content (AvgIpc) is 2.43. The van der Waals surface area contributed by atoms with E-state index in [1.807, 2.05) is 18.2 Å². The molecule has 0 aromatic heterocycles. The molecule has 1 aliphatic carbocycles. The predicted octanol–water partition coefficient (Wildman–Crippen LogP) is 3.86. The fourth-order valence-corrected chi connectivity index (χ4v) is 2.47. The van der Waals surface area contributed by atoms with Crippen LogP contribution < -0.4 is 5.73 Å². The van der Waals surface area contributed by atoms with E-state index in [2.05, 4.69) is 37.3 Å². The molecule has 1 aliphatic rings. The van der Waals surface area contributed by atoms with Crippen LogP contribution in [-0.2, 0) is 0 Å². The summed E-state index contributed by atoms with van der Waals surface area (Å²) < 4.78 is 0. The Morgan fingerprint density at radius 2 is 1.94 bits per heavy atom. The van der Waals surface area contributed by atoms with Crippen LogP contribution in [0.5, 0.6) is 0 Å². The van der Waals surface area contributed by atoms with Gasteiger partial charge in [-0.3, -0.25) is 0 Å². The van der Waals surface area contributed by atoms with Crippen LogP contribution in [-0.4, -0.2) is 0 Å². The minimum atomic E-state index is 0.863. The van der Waals surface area contributed by atoms with E-state index in [0.717, 1.165) is 17.0 Å². The van der Waals surface area contributed by atoms with E-state index in [0.29, 0.717) is 0 Å². The number of hydrogen-bond donors (Lipinski definition) is 1. The summed E-state index contributed by atoms with van der Waals surface area (Å²) in [4.78, 5) is 2.38. The molecule has 0 amide bonds. The van der Waals surface area contributed by atoms with E-state index in [4.69, 9.17) is 5.73 Å². The summed E-state index contributed by atoms with van der Waals surface area (Å²) in [5, 5.41) is 0. The van der Waals surface area contributed by atoms with Crippen LogP contribution in [0.2, 0.25) is 0 Å². The van der Waals surface area contributed by atoms with Crippen molar-refractivity contribution >= 4 is 11.8 Å². The molecule has 0 unspecified atom stereocenters. The zero-order valence-corrected chi connectivity index (χ0v) is 10.1. The highest BCUT2D eigenvalue weighted by molar-refractivity contribution is 8.03. The molecule has 0 aliphatic heterocycles. The number of rotatable bonds is 2. The first-order valence-electron chi connectivity index (χ1n) is 5.31. The number of thioether (sulfide) groups is 1. The van der Waals surface area contributed by atoms with E-state index < -0.39 is 0 Å². The number of hydrogen-bond acceptors (Lipinski definition) is 2. The second-order valence-corrected chi connectivity index (χ2v) is 4.97. The Balaban J connectivity index is 2.19. The molecular formula is C14H15NS. The Morgan fingerprint density at radius 1 is 1.19 bits per heavy atom. The van der Waals surface area contributed by atoms with Crippen LogP contribution in [0.25, 0.3) is 0 Å². The summed E-state index contributed by atoms with van der Waals surface area (Å²) in [6, 6.07) is 10.3. The largest absolute Gasteiger partial charge is 0.401 e. The predicted molar refractivity (Wildman–Crippen MR) is 71.0 cm³/mol. The van der Waals surface area contributed by atoms with Crippen molar-refractivity contribution in [3.8, 4) is 0 Å². The molecule has 2 N–H and O–H groups in total. The highest BCUT2D eigenvalue weighted by Gasteiger charge is 2.06. The maximum atomic E-state index is 6.08. The molecular weight excluding hydrogens is 214 g/mol. The summed E-state index contributed by atoms with van der Waals surface area (Å²) in [6.45, 7) is 2.10. The first-order valence-corrected chi connectivity index (χ1v) is 6.13. The molecule has 2 rings (SSSR count). The minimum Gasteiger partial charge on any atom is -0.401 e. The van der Waals surface area contributed by atoms with Crippen molar-refractivity contribution < 1.29 is 0 Å². The van der Waals surface area contributed by atoms with Crippen molar-refractivity contribution in [3.05, 3.63) is 64.7 Å². The maximum Gasteiger partial charge on any atom is 0.0313 e. The second kappa shape index (κ2) is 5.08. The van der Waals surface area contributed by atoms with Gasteiger partial charge in [-0.05, 0) is 25.1 Å². The van der Waals surface area contributed by atoms with Crippen molar-refractivity contribution in [3.63, 3.8) is 0 Å². The van der Waals surface area contributed by atoms with Crippen molar-refractivity contribution in [1.29, 1.82) is 0 Å². The standard InChI is InChI=1S/C14H15NS/c1-11-6-5-9-14(13(15)10-11)16-12-7-3-2-4-8-12/h2-9H,10,15H2,1H3. The lowest BCUT2D eigenvalue weighted by Crippen LogP contribution is -1.99. The van der Waals surface area contributed by atoms with Gasteiger partial charge in [-0.2, -0.15) is 0 Å². The van der Waals surface area contributed by atoms with Gasteiger partial charge in [0.2, 0.25) is 0 Å². The van der Waals surface area contributed by atoms with Crippen molar-refractivity contribution in [2.45, 2.75) is 18.2 Å².